The maximum Gasteiger partial charge on any atom is 0.331 e. The van der Waals surface area contributed by atoms with E-state index in [0.29, 0.717) is 6.42 Å². The van der Waals surface area contributed by atoms with E-state index in [0.717, 1.165) is 16.7 Å². The van der Waals surface area contributed by atoms with Crippen LogP contribution in [0.5, 0.6) is 0 Å². The van der Waals surface area contributed by atoms with Gasteiger partial charge < -0.3 is 5.11 Å². The maximum absolute atomic E-state index is 10.7. The Kier molecular flexibility index (Phi) is 3.58. The van der Waals surface area contributed by atoms with Crippen molar-refractivity contribution in [2.24, 2.45) is 0 Å². The van der Waals surface area contributed by atoms with Crippen molar-refractivity contribution in [2.45, 2.75) is 6.42 Å². The summed E-state index contributed by atoms with van der Waals surface area (Å²) in [6.45, 7) is 3.53. The quantitative estimate of drug-likeness (QED) is 0.827. The summed E-state index contributed by atoms with van der Waals surface area (Å²) in [5.41, 5.74) is 3.45. The Balaban J connectivity index is 2.16. The van der Waals surface area contributed by atoms with Crippen LogP contribution in [-0.4, -0.2) is 11.1 Å². The Hall–Kier alpha value is -2.35. The number of carboxylic acid groups (broad SMARTS) is 1. The van der Waals surface area contributed by atoms with Crippen LogP contribution in [0.25, 0.3) is 11.1 Å². The molecule has 0 atom stereocenters. The average Bonchev–Trinajstić information content (AvgIpc) is 2.40. The van der Waals surface area contributed by atoms with Gasteiger partial charge in [0.05, 0.1) is 0 Å². The third-order valence-corrected chi connectivity index (χ3v) is 2.78. The molecule has 0 fully saturated rings. The first-order chi connectivity index (χ1) is 8.66. The molecule has 0 amide bonds. The molecule has 0 aliphatic heterocycles. The summed E-state index contributed by atoms with van der Waals surface area (Å²) in [5.74, 6) is -0.942. The van der Waals surface area contributed by atoms with E-state index < -0.39 is 5.97 Å². The van der Waals surface area contributed by atoms with Crippen LogP contribution < -0.4 is 0 Å². The number of carboxylic acids is 1. The molecule has 0 heterocycles. The zero-order valence-electron chi connectivity index (χ0n) is 9.97. The molecule has 0 aliphatic carbocycles. The predicted molar refractivity (Wildman–Crippen MR) is 72.4 cm³/mol. The molecule has 0 spiro atoms. The van der Waals surface area contributed by atoms with E-state index in [4.69, 9.17) is 5.11 Å². The lowest BCUT2D eigenvalue weighted by Crippen LogP contribution is -2.01. The summed E-state index contributed by atoms with van der Waals surface area (Å²) in [5, 5.41) is 8.78. The molecule has 0 bridgehead atoms. The second-order valence-corrected chi connectivity index (χ2v) is 4.15. The van der Waals surface area contributed by atoms with Crippen molar-refractivity contribution in [3.05, 3.63) is 72.3 Å². The fourth-order valence-electron chi connectivity index (χ4n) is 1.77. The molecule has 0 unspecified atom stereocenters. The highest BCUT2D eigenvalue weighted by atomic mass is 16.4. The molecule has 2 aromatic carbocycles. The highest BCUT2D eigenvalue weighted by molar-refractivity contribution is 5.86. The molecule has 18 heavy (non-hydrogen) atoms. The molecule has 2 aromatic rings. The zero-order valence-corrected chi connectivity index (χ0v) is 9.97. The molecule has 0 saturated carbocycles. The average molecular weight is 238 g/mol. The molecule has 90 valence electrons. The smallest absolute Gasteiger partial charge is 0.331 e. The first kappa shape index (κ1) is 12.1. The fourth-order valence-corrected chi connectivity index (χ4v) is 1.77. The van der Waals surface area contributed by atoms with Crippen molar-refractivity contribution in [1.82, 2.24) is 0 Å². The summed E-state index contributed by atoms with van der Waals surface area (Å²) >= 11 is 0. The monoisotopic (exact) mass is 238 g/mol. The SMILES string of the molecule is C=C(Cc1ccc(-c2ccccc2)cc1)C(=O)O. The maximum atomic E-state index is 10.7. The number of benzene rings is 2. The zero-order chi connectivity index (χ0) is 13.0. The summed E-state index contributed by atoms with van der Waals surface area (Å²) in [4.78, 5) is 10.7. The predicted octanol–water partition coefficient (Wildman–Crippen LogP) is 3.54. The van der Waals surface area contributed by atoms with E-state index in [-0.39, 0.29) is 5.57 Å². The topological polar surface area (TPSA) is 37.3 Å². The van der Waals surface area contributed by atoms with Crippen molar-refractivity contribution >= 4 is 5.97 Å². The van der Waals surface area contributed by atoms with Gasteiger partial charge in [0.1, 0.15) is 0 Å². The minimum absolute atomic E-state index is 0.211. The van der Waals surface area contributed by atoms with E-state index in [9.17, 15) is 4.79 Å². The molecule has 2 heteroatoms. The second kappa shape index (κ2) is 5.32. The molecule has 0 aliphatic rings. The van der Waals surface area contributed by atoms with Gasteiger partial charge in [-0.05, 0) is 16.7 Å². The van der Waals surface area contributed by atoms with Gasteiger partial charge in [0.2, 0.25) is 0 Å². The van der Waals surface area contributed by atoms with Crippen LogP contribution in [0.2, 0.25) is 0 Å². The Morgan fingerprint density at radius 3 is 2.06 bits per heavy atom. The molecule has 1 N–H and O–H groups in total. The number of rotatable bonds is 4. The molecule has 0 saturated heterocycles. The Morgan fingerprint density at radius 1 is 0.944 bits per heavy atom. The molecular weight excluding hydrogens is 224 g/mol. The van der Waals surface area contributed by atoms with E-state index in [1.54, 1.807) is 0 Å². The van der Waals surface area contributed by atoms with E-state index in [1.165, 1.54) is 0 Å². The van der Waals surface area contributed by atoms with Crippen molar-refractivity contribution in [3.8, 4) is 11.1 Å². The largest absolute Gasteiger partial charge is 0.478 e. The fraction of sp³-hybridized carbons (Fsp3) is 0.0625. The molecule has 2 rings (SSSR count). The number of carbonyl (C=O) groups is 1. The standard InChI is InChI=1S/C16H14O2/c1-12(16(17)18)11-13-7-9-15(10-8-13)14-5-3-2-4-6-14/h2-10H,1,11H2,(H,17,18). The van der Waals surface area contributed by atoms with Gasteiger partial charge in [-0.3, -0.25) is 0 Å². The number of hydrogen-bond acceptors (Lipinski definition) is 1. The van der Waals surface area contributed by atoms with Crippen LogP contribution >= 0.6 is 0 Å². The van der Waals surface area contributed by atoms with Gasteiger partial charge in [0, 0.05) is 12.0 Å². The highest BCUT2D eigenvalue weighted by Gasteiger charge is 2.05. The lowest BCUT2D eigenvalue weighted by Gasteiger charge is -2.04. The van der Waals surface area contributed by atoms with Crippen molar-refractivity contribution in [3.63, 3.8) is 0 Å². The molecule has 0 aromatic heterocycles. The highest BCUT2D eigenvalue weighted by Crippen LogP contribution is 2.20. The van der Waals surface area contributed by atoms with Crippen molar-refractivity contribution in [2.75, 3.05) is 0 Å². The van der Waals surface area contributed by atoms with Gasteiger partial charge in [0.25, 0.3) is 0 Å². The third-order valence-electron chi connectivity index (χ3n) is 2.78. The van der Waals surface area contributed by atoms with Gasteiger partial charge in [-0.15, -0.1) is 0 Å². The first-order valence-electron chi connectivity index (χ1n) is 5.72. The van der Waals surface area contributed by atoms with Crippen molar-refractivity contribution in [1.29, 1.82) is 0 Å². The molecule has 2 nitrogen and oxygen atoms in total. The number of aliphatic carboxylic acids is 1. The second-order valence-electron chi connectivity index (χ2n) is 4.15. The Bertz CT molecular complexity index is 553. The van der Waals surface area contributed by atoms with Gasteiger partial charge in [-0.25, -0.2) is 4.79 Å². The first-order valence-corrected chi connectivity index (χ1v) is 5.72. The van der Waals surface area contributed by atoms with Crippen LogP contribution in [0.3, 0.4) is 0 Å². The van der Waals surface area contributed by atoms with Crippen LogP contribution in [0, 0.1) is 0 Å². The molecular formula is C16H14O2. The summed E-state index contributed by atoms with van der Waals surface area (Å²) in [7, 11) is 0. The Labute approximate surface area is 106 Å². The summed E-state index contributed by atoms with van der Waals surface area (Å²) in [6.07, 6.45) is 0.379. The van der Waals surface area contributed by atoms with E-state index in [2.05, 4.69) is 6.58 Å². The van der Waals surface area contributed by atoms with Crippen LogP contribution in [-0.2, 0) is 11.2 Å². The summed E-state index contributed by atoms with van der Waals surface area (Å²) in [6, 6.07) is 17.9. The van der Waals surface area contributed by atoms with Crippen LogP contribution in [0.15, 0.2) is 66.7 Å². The summed E-state index contributed by atoms with van der Waals surface area (Å²) < 4.78 is 0. The lowest BCUT2D eigenvalue weighted by molar-refractivity contribution is -0.132. The van der Waals surface area contributed by atoms with Gasteiger partial charge in [-0.1, -0.05) is 61.2 Å². The van der Waals surface area contributed by atoms with Gasteiger partial charge >= 0.3 is 5.97 Å². The van der Waals surface area contributed by atoms with E-state index in [1.807, 2.05) is 54.6 Å². The normalized spacial score (nSPS) is 10.0. The minimum atomic E-state index is -0.942. The van der Waals surface area contributed by atoms with E-state index >= 15 is 0 Å². The van der Waals surface area contributed by atoms with Crippen LogP contribution in [0.4, 0.5) is 0 Å². The van der Waals surface area contributed by atoms with Gasteiger partial charge in [-0.2, -0.15) is 0 Å². The minimum Gasteiger partial charge on any atom is -0.478 e. The molecule has 0 radical (unpaired) electrons. The lowest BCUT2D eigenvalue weighted by atomic mass is 10.0. The Morgan fingerprint density at radius 2 is 1.50 bits per heavy atom. The number of hydrogen-bond donors (Lipinski definition) is 1. The van der Waals surface area contributed by atoms with Crippen LogP contribution in [0.1, 0.15) is 5.56 Å². The van der Waals surface area contributed by atoms with Crippen molar-refractivity contribution < 1.29 is 9.90 Å². The third kappa shape index (κ3) is 2.86. The van der Waals surface area contributed by atoms with Gasteiger partial charge in [0.15, 0.2) is 0 Å².